The third-order valence-electron chi connectivity index (χ3n) is 6.18. The third-order valence-corrected chi connectivity index (χ3v) is 7.00. The van der Waals surface area contributed by atoms with Gasteiger partial charge in [-0.05, 0) is 31.9 Å². The van der Waals surface area contributed by atoms with Crippen LogP contribution in [0, 0.1) is 12.3 Å². The topological polar surface area (TPSA) is 72.0 Å². The summed E-state index contributed by atoms with van der Waals surface area (Å²) < 4.78 is 10.6. The van der Waals surface area contributed by atoms with Crippen molar-refractivity contribution >= 4 is 23.2 Å². The van der Waals surface area contributed by atoms with Crippen LogP contribution in [0.25, 0.3) is 0 Å². The summed E-state index contributed by atoms with van der Waals surface area (Å²) in [5.74, 6) is 1.32. The lowest BCUT2D eigenvalue weighted by molar-refractivity contribution is -0.128. The number of piperidine rings is 1. The highest BCUT2D eigenvalue weighted by Gasteiger charge is 2.45. The van der Waals surface area contributed by atoms with Gasteiger partial charge in [0.2, 0.25) is 5.91 Å². The minimum Gasteiger partial charge on any atom is -0.497 e. The van der Waals surface area contributed by atoms with E-state index in [1.165, 1.54) is 0 Å². The van der Waals surface area contributed by atoms with Gasteiger partial charge in [-0.25, -0.2) is 4.98 Å². The maximum Gasteiger partial charge on any atom is 0.257 e. The molecule has 1 aromatic carbocycles. The SMILES string of the molecule is COc1ccc(C(=O)N2CCC3(CC2)CC(=O)N(Cc2csc(C)n2)C3)c(OC)c1. The van der Waals surface area contributed by atoms with Crippen molar-refractivity contribution in [3.05, 3.63) is 39.8 Å². The van der Waals surface area contributed by atoms with E-state index in [4.69, 9.17) is 9.47 Å². The highest BCUT2D eigenvalue weighted by molar-refractivity contribution is 7.09. The normalized spacial score (nSPS) is 18.2. The molecule has 0 unspecified atom stereocenters. The second-order valence-electron chi connectivity index (χ2n) is 8.14. The molecule has 2 saturated heterocycles. The van der Waals surface area contributed by atoms with Gasteiger partial charge in [0.15, 0.2) is 0 Å². The number of thiazole rings is 1. The fourth-order valence-corrected chi connectivity index (χ4v) is 5.07. The van der Waals surface area contributed by atoms with Gasteiger partial charge in [0.05, 0.1) is 37.0 Å². The number of hydrogen-bond donors (Lipinski definition) is 0. The molecule has 2 fully saturated rings. The van der Waals surface area contributed by atoms with Gasteiger partial charge in [-0.2, -0.15) is 0 Å². The predicted octanol–water partition coefficient (Wildman–Crippen LogP) is 3.12. The van der Waals surface area contributed by atoms with E-state index < -0.39 is 0 Å². The molecular weight excluding hydrogens is 402 g/mol. The average Bonchev–Trinajstić information content (AvgIpc) is 3.30. The number of ether oxygens (including phenoxy) is 2. The van der Waals surface area contributed by atoms with E-state index in [9.17, 15) is 9.59 Å². The van der Waals surface area contributed by atoms with E-state index in [0.717, 1.165) is 30.1 Å². The molecular formula is C22H27N3O4S. The highest BCUT2D eigenvalue weighted by atomic mass is 32.1. The standard InChI is InChI=1S/C22H27N3O4S/c1-15-23-16(13-30-15)12-25-14-22(11-20(25)26)6-8-24(9-7-22)21(27)18-5-4-17(28-2)10-19(18)29-3/h4-5,10,13H,6-9,11-12,14H2,1-3H3. The number of carbonyl (C=O) groups is 2. The minimum atomic E-state index is -0.0388. The third kappa shape index (κ3) is 4.01. The van der Waals surface area contributed by atoms with E-state index in [-0.39, 0.29) is 17.2 Å². The Balaban J connectivity index is 1.40. The molecule has 2 aliphatic heterocycles. The Labute approximate surface area is 180 Å². The number of aryl methyl sites for hydroxylation is 1. The zero-order valence-electron chi connectivity index (χ0n) is 17.6. The number of carbonyl (C=O) groups excluding carboxylic acids is 2. The Morgan fingerprint density at radius 2 is 2.00 bits per heavy atom. The van der Waals surface area contributed by atoms with Gasteiger partial charge < -0.3 is 19.3 Å². The van der Waals surface area contributed by atoms with E-state index in [1.54, 1.807) is 43.8 Å². The lowest BCUT2D eigenvalue weighted by atomic mass is 9.77. The molecule has 0 N–H and O–H groups in total. The number of likely N-dealkylation sites (tertiary alicyclic amines) is 2. The molecule has 3 heterocycles. The average molecular weight is 430 g/mol. The summed E-state index contributed by atoms with van der Waals surface area (Å²) in [7, 11) is 3.14. The molecule has 8 heteroatoms. The Morgan fingerprint density at radius 3 is 2.63 bits per heavy atom. The van der Waals surface area contributed by atoms with E-state index in [0.29, 0.717) is 43.1 Å². The molecule has 2 aliphatic rings. The largest absolute Gasteiger partial charge is 0.497 e. The number of methoxy groups -OCH3 is 2. The molecule has 4 rings (SSSR count). The van der Waals surface area contributed by atoms with Crippen LogP contribution in [0.3, 0.4) is 0 Å². The Bertz CT molecular complexity index is 950. The first-order valence-corrected chi connectivity index (χ1v) is 11.0. The van der Waals surface area contributed by atoms with Crippen LogP contribution in [0.15, 0.2) is 23.6 Å². The maximum absolute atomic E-state index is 13.1. The first-order chi connectivity index (χ1) is 14.4. The van der Waals surface area contributed by atoms with Gasteiger partial charge in [-0.15, -0.1) is 11.3 Å². The molecule has 30 heavy (non-hydrogen) atoms. The quantitative estimate of drug-likeness (QED) is 0.730. The molecule has 2 amide bonds. The number of nitrogens with zero attached hydrogens (tertiary/aromatic N) is 3. The number of aromatic nitrogens is 1. The van der Waals surface area contributed by atoms with Gasteiger partial charge in [0.25, 0.3) is 5.91 Å². The van der Waals surface area contributed by atoms with Crippen molar-refractivity contribution in [1.82, 2.24) is 14.8 Å². The first kappa shape index (κ1) is 20.7. The molecule has 2 aromatic rings. The second kappa shape index (κ2) is 8.26. The summed E-state index contributed by atoms with van der Waals surface area (Å²) >= 11 is 1.61. The minimum absolute atomic E-state index is 0.0384. The van der Waals surface area contributed by atoms with Gasteiger partial charge in [-0.3, -0.25) is 9.59 Å². The zero-order valence-corrected chi connectivity index (χ0v) is 18.5. The van der Waals surface area contributed by atoms with Crippen LogP contribution in [0.2, 0.25) is 0 Å². The molecule has 0 aliphatic carbocycles. The lowest BCUT2D eigenvalue weighted by Crippen LogP contribution is -2.44. The molecule has 7 nitrogen and oxygen atoms in total. The van der Waals surface area contributed by atoms with Crippen LogP contribution in [0.4, 0.5) is 0 Å². The summed E-state index contributed by atoms with van der Waals surface area (Å²) in [5, 5.41) is 3.05. The molecule has 160 valence electrons. The molecule has 0 saturated carbocycles. The van der Waals surface area contributed by atoms with E-state index in [1.807, 2.05) is 22.1 Å². The molecule has 0 atom stereocenters. The van der Waals surface area contributed by atoms with Crippen LogP contribution in [-0.2, 0) is 11.3 Å². The smallest absolute Gasteiger partial charge is 0.257 e. The van der Waals surface area contributed by atoms with Gasteiger partial charge in [0.1, 0.15) is 11.5 Å². The summed E-state index contributed by atoms with van der Waals surface area (Å²) in [5.41, 5.74) is 1.46. The van der Waals surface area contributed by atoms with Crippen molar-refractivity contribution in [3.8, 4) is 11.5 Å². The Morgan fingerprint density at radius 1 is 1.23 bits per heavy atom. The van der Waals surface area contributed by atoms with Crippen LogP contribution >= 0.6 is 11.3 Å². The van der Waals surface area contributed by atoms with Crippen molar-refractivity contribution in [2.45, 2.75) is 32.7 Å². The van der Waals surface area contributed by atoms with Crippen LogP contribution in [0.1, 0.15) is 40.3 Å². The van der Waals surface area contributed by atoms with Crippen molar-refractivity contribution in [1.29, 1.82) is 0 Å². The Kier molecular flexibility index (Phi) is 5.69. The Hall–Kier alpha value is -2.61. The van der Waals surface area contributed by atoms with Gasteiger partial charge in [-0.1, -0.05) is 0 Å². The summed E-state index contributed by atoms with van der Waals surface area (Å²) in [6.07, 6.45) is 2.22. The fraction of sp³-hybridized carbons (Fsp3) is 0.500. The lowest BCUT2D eigenvalue weighted by Gasteiger charge is -2.39. The van der Waals surface area contributed by atoms with Crippen molar-refractivity contribution in [2.75, 3.05) is 33.9 Å². The van der Waals surface area contributed by atoms with Crippen LogP contribution < -0.4 is 9.47 Å². The maximum atomic E-state index is 13.1. The van der Waals surface area contributed by atoms with Crippen molar-refractivity contribution in [2.24, 2.45) is 5.41 Å². The van der Waals surface area contributed by atoms with Gasteiger partial charge in [0, 0.05) is 42.9 Å². The highest BCUT2D eigenvalue weighted by Crippen LogP contribution is 2.42. The van der Waals surface area contributed by atoms with Crippen molar-refractivity contribution in [3.63, 3.8) is 0 Å². The summed E-state index contributed by atoms with van der Waals surface area (Å²) in [6.45, 7) is 4.59. The molecule has 1 aromatic heterocycles. The number of rotatable bonds is 5. The fourth-order valence-electron chi connectivity index (χ4n) is 4.47. The first-order valence-electron chi connectivity index (χ1n) is 10.1. The molecule has 1 spiro atoms. The van der Waals surface area contributed by atoms with Gasteiger partial charge >= 0.3 is 0 Å². The molecule has 0 radical (unpaired) electrons. The number of benzene rings is 1. The number of hydrogen-bond acceptors (Lipinski definition) is 6. The number of amides is 2. The zero-order chi connectivity index (χ0) is 21.3. The van der Waals surface area contributed by atoms with E-state index in [2.05, 4.69) is 4.98 Å². The monoisotopic (exact) mass is 429 g/mol. The predicted molar refractivity (Wildman–Crippen MR) is 114 cm³/mol. The van der Waals surface area contributed by atoms with Crippen molar-refractivity contribution < 1.29 is 19.1 Å². The van der Waals surface area contributed by atoms with Crippen LogP contribution in [-0.4, -0.2) is 60.5 Å². The summed E-state index contributed by atoms with van der Waals surface area (Å²) in [6, 6.07) is 5.25. The van der Waals surface area contributed by atoms with Crippen LogP contribution in [0.5, 0.6) is 11.5 Å². The summed E-state index contributed by atoms with van der Waals surface area (Å²) in [4.78, 5) is 34.0. The second-order valence-corrected chi connectivity index (χ2v) is 9.21. The van der Waals surface area contributed by atoms with E-state index >= 15 is 0 Å². The molecule has 0 bridgehead atoms.